The van der Waals surface area contributed by atoms with Gasteiger partial charge in [-0.1, -0.05) is 0 Å². The van der Waals surface area contributed by atoms with Crippen LogP contribution in [0.25, 0.3) is 0 Å². The standard InChI is InChI=1S/C9H13F6NO3/c1-6(2,3)19-5(17)16-4-7(18,8(10,11)12)9(13,14)15/h18H,4H2,1-3H3,(H,16,17). The zero-order valence-corrected chi connectivity index (χ0v) is 10.2. The van der Waals surface area contributed by atoms with Gasteiger partial charge in [-0.15, -0.1) is 0 Å². The van der Waals surface area contributed by atoms with Crippen molar-refractivity contribution in [3.05, 3.63) is 0 Å². The minimum absolute atomic E-state index is 1.10. The minimum atomic E-state index is -5.99. The fourth-order valence-electron chi connectivity index (χ4n) is 0.875. The van der Waals surface area contributed by atoms with Crippen LogP contribution in [0, 0.1) is 0 Å². The molecule has 0 unspecified atom stereocenters. The summed E-state index contributed by atoms with van der Waals surface area (Å²) in [5.41, 5.74) is -6.13. The maximum atomic E-state index is 12.2. The fraction of sp³-hybridized carbons (Fsp3) is 0.889. The van der Waals surface area contributed by atoms with Gasteiger partial charge in [0.05, 0.1) is 6.54 Å². The average molecular weight is 297 g/mol. The summed E-state index contributed by atoms with van der Waals surface area (Å²) in [4.78, 5) is 11.0. The first-order valence-electron chi connectivity index (χ1n) is 4.93. The molecule has 2 N–H and O–H groups in total. The van der Waals surface area contributed by atoms with Gasteiger partial charge in [0.15, 0.2) is 0 Å². The topological polar surface area (TPSA) is 58.6 Å². The number of aliphatic hydroxyl groups is 1. The Bertz CT molecular complexity index is 316. The number of carbonyl (C=O) groups excluding carboxylic acids is 1. The van der Waals surface area contributed by atoms with Gasteiger partial charge in [-0.25, -0.2) is 4.79 Å². The fourth-order valence-corrected chi connectivity index (χ4v) is 0.875. The van der Waals surface area contributed by atoms with Crippen molar-refractivity contribution in [3.8, 4) is 0 Å². The number of nitrogens with one attached hydrogen (secondary N) is 1. The van der Waals surface area contributed by atoms with Gasteiger partial charge in [-0.2, -0.15) is 26.3 Å². The summed E-state index contributed by atoms with van der Waals surface area (Å²) in [5.74, 6) is 0. The molecule has 4 nitrogen and oxygen atoms in total. The maximum absolute atomic E-state index is 12.2. The molecule has 0 aliphatic rings. The van der Waals surface area contributed by atoms with E-state index < -0.39 is 36.2 Å². The summed E-state index contributed by atoms with van der Waals surface area (Å²) in [7, 11) is 0. The van der Waals surface area contributed by atoms with Crippen LogP contribution in [0.15, 0.2) is 0 Å². The smallest absolute Gasteiger partial charge is 0.428 e. The van der Waals surface area contributed by atoms with E-state index in [0.29, 0.717) is 0 Å². The maximum Gasteiger partial charge on any atom is 0.428 e. The van der Waals surface area contributed by atoms with Crippen molar-refractivity contribution in [2.75, 3.05) is 6.54 Å². The van der Waals surface area contributed by atoms with E-state index in [-0.39, 0.29) is 0 Å². The van der Waals surface area contributed by atoms with Crippen molar-refractivity contribution in [2.45, 2.75) is 44.3 Å². The molecular weight excluding hydrogens is 284 g/mol. The third-order valence-corrected chi connectivity index (χ3v) is 1.83. The number of hydrogen-bond donors (Lipinski definition) is 2. The van der Waals surface area contributed by atoms with Crippen LogP contribution in [-0.2, 0) is 4.74 Å². The molecule has 0 saturated heterocycles. The van der Waals surface area contributed by atoms with Gasteiger partial charge >= 0.3 is 18.4 Å². The molecule has 19 heavy (non-hydrogen) atoms. The zero-order valence-electron chi connectivity index (χ0n) is 10.2. The first-order valence-corrected chi connectivity index (χ1v) is 4.93. The molecule has 0 saturated carbocycles. The van der Waals surface area contributed by atoms with Gasteiger partial charge < -0.3 is 15.2 Å². The molecule has 0 spiro atoms. The molecule has 0 aliphatic heterocycles. The van der Waals surface area contributed by atoms with Crippen molar-refractivity contribution in [1.29, 1.82) is 0 Å². The zero-order chi connectivity index (χ0) is 15.7. The Balaban J connectivity index is 4.87. The quantitative estimate of drug-likeness (QED) is 0.769. The summed E-state index contributed by atoms with van der Waals surface area (Å²) in [5, 5.41) is 9.95. The van der Waals surface area contributed by atoms with Crippen LogP contribution in [0.1, 0.15) is 20.8 Å². The van der Waals surface area contributed by atoms with Crippen molar-refractivity contribution in [2.24, 2.45) is 0 Å². The van der Waals surface area contributed by atoms with Crippen LogP contribution >= 0.6 is 0 Å². The highest BCUT2D eigenvalue weighted by Gasteiger charge is 2.70. The van der Waals surface area contributed by atoms with E-state index >= 15 is 0 Å². The highest BCUT2D eigenvalue weighted by Crippen LogP contribution is 2.42. The minimum Gasteiger partial charge on any atom is -0.444 e. The summed E-state index contributed by atoms with van der Waals surface area (Å²) in [6.45, 7) is 2.01. The van der Waals surface area contributed by atoms with Gasteiger partial charge in [-0.3, -0.25) is 0 Å². The molecule has 0 aromatic heterocycles. The van der Waals surface area contributed by atoms with Gasteiger partial charge in [0.1, 0.15) is 5.60 Å². The van der Waals surface area contributed by atoms with Crippen molar-refractivity contribution >= 4 is 6.09 Å². The Morgan fingerprint density at radius 1 is 1.05 bits per heavy atom. The number of carbonyl (C=O) groups is 1. The Kier molecular flexibility index (Phi) is 4.75. The van der Waals surface area contributed by atoms with Crippen LogP contribution in [0.2, 0.25) is 0 Å². The lowest BCUT2D eigenvalue weighted by Crippen LogP contribution is -2.63. The molecular formula is C9H13F6NO3. The number of amides is 1. The first-order chi connectivity index (χ1) is 8.10. The predicted octanol–water partition coefficient (Wildman–Crippen LogP) is 2.37. The third kappa shape index (κ3) is 4.77. The Labute approximate surface area is 104 Å². The summed E-state index contributed by atoms with van der Waals surface area (Å²) < 4.78 is 77.8. The van der Waals surface area contributed by atoms with Crippen LogP contribution < -0.4 is 5.32 Å². The molecule has 0 heterocycles. The number of alkyl carbamates (subject to hydrolysis) is 1. The first kappa shape index (κ1) is 17.8. The lowest BCUT2D eigenvalue weighted by atomic mass is 10.0. The Morgan fingerprint density at radius 3 is 1.68 bits per heavy atom. The number of halogens is 6. The molecule has 1 amide bonds. The lowest BCUT2D eigenvalue weighted by Gasteiger charge is -2.32. The van der Waals surface area contributed by atoms with E-state index in [9.17, 15) is 31.1 Å². The molecule has 0 aliphatic carbocycles. The molecule has 0 radical (unpaired) electrons. The Hall–Kier alpha value is -1.19. The predicted molar refractivity (Wildman–Crippen MR) is 51.3 cm³/mol. The summed E-state index contributed by atoms with van der Waals surface area (Å²) >= 11 is 0. The summed E-state index contributed by atoms with van der Waals surface area (Å²) in [6, 6.07) is 0. The molecule has 0 bridgehead atoms. The molecule has 114 valence electrons. The highest BCUT2D eigenvalue weighted by atomic mass is 19.4. The van der Waals surface area contributed by atoms with Crippen molar-refractivity contribution in [1.82, 2.24) is 5.32 Å². The van der Waals surface area contributed by atoms with Crippen molar-refractivity contribution in [3.63, 3.8) is 0 Å². The second-order valence-electron chi connectivity index (χ2n) is 4.71. The van der Waals surface area contributed by atoms with Crippen LogP contribution in [0.3, 0.4) is 0 Å². The van der Waals surface area contributed by atoms with E-state index in [1.807, 2.05) is 0 Å². The third-order valence-electron chi connectivity index (χ3n) is 1.83. The number of alkyl halides is 6. The molecule has 0 fully saturated rings. The number of hydrogen-bond acceptors (Lipinski definition) is 3. The van der Waals surface area contributed by atoms with Gasteiger partial charge in [0.25, 0.3) is 5.60 Å². The molecule has 0 rings (SSSR count). The molecule has 10 heteroatoms. The highest BCUT2D eigenvalue weighted by molar-refractivity contribution is 5.67. The molecule has 0 atom stereocenters. The average Bonchev–Trinajstić information content (AvgIpc) is 2.07. The van der Waals surface area contributed by atoms with Crippen molar-refractivity contribution < 1.29 is 41.0 Å². The summed E-state index contributed by atoms with van der Waals surface area (Å²) in [6.07, 6.45) is -13.5. The molecule has 0 aromatic rings. The van der Waals surface area contributed by atoms with Crippen LogP contribution in [0.5, 0.6) is 0 Å². The van der Waals surface area contributed by atoms with Gasteiger partial charge in [-0.05, 0) is 20.8 Å². The van der Waals surface area contributed by atoms with Crippen LogP contribution in [-0.4, -0.2) is 41.3 Å². The van der Waals surface area contributed by atoms with Gasteiger partial charge in [0, 0.05) is 0 Å². The van der Waals surface area contributed by atoms with E-state index in [0.717, 1.165) is 0 Å². The van der Waals surface area contributed by atoms with Gasteiger partial charge in [0.2, 0.25) is 0 Å². The van der Waals surface area contributed by atoms with E-state index in [1.54, 1.807) is 0 Å². The second-order valence-corrected chi connectivity index (χ2v) is 4.71. The van der Waals surface area contributed by atoms with E-state index in [1.165, 1.54) is 26.1 Å². The van der Waals surface area contributed by atoms with E-state index in [4.69, 9.17) is 5.11 Å². The number of ether oxygens (including phenoxy) is 1. The van der Waals surface area contributed by atoms with Crippen LogP contribution in [0.4, 0.5) is 31.1 Å². The monoisotopic (exact) mass is 297 g/mol. The largest absolute Gasteiger partial charge is 0.444 e. The Morgan fingerprint density at radius 2 is 1.42 bits per heavy atom. The SMILES string of the molecule is CC(C)(C)OC(=O)NCC(O)(C(F)(F)F)C(F)(F)F. The number of rotatable bonds is 2. The molecule has 0 aromatic carbocycles. The van der Waals surface area contributed by atoms with E-state index in [2.05, 4.69) is 4.74 Å². The second kappa shape index (κ2) is 5.06. The lowest BCUT2D eigenvalue weighted by molar-refractivity contribution is -0.364. The normalized spacial score (nSPS) is 14.2.